The smallest absolute Gasteiger partial charge is 0.293 e. The molecule has 5 unspecified atom stereocenters. The fraction of sp³-hybridized carbons (Fsp3) is 0.471. The second-order valence-corrected chi connectivity index (χ2v) is 6.33. The first-order valence-electron chi connectivity index (χ1n) is 7.66. The van der Waals surface area contributed by atoms with Crippen molar-refractivity contribution >= 4 is 5.84 Å². The first-order chi connectivity index (χ1) is 11.5. The summed E-state index contributed by atoms with van der Waals surface area (Å²) in [5.41, 5.74) is 4.25. The Morgan fingerprint density at radius 2 is 2.08 bits per heavy atom. The average molecular weight is 324 g/mol. The molecule has 0 aromatic heterocycles. The predicted octanol–water partition coefficient (Wildman–Crippen LogP) is 1.27. The van der Waals surface area contributed by atoms with Crippen LogP contribution in [0.25, 0.3) is 0 Å². The maximum atomic E-state index is 10.1. The van der Waals surface area contributed by atoms with Crippen LogP contribution in [0.15, 0.2) is 29.3 Å². The van der Waals surface area contributed by atoms with Gasteiger partial charge >= 0.3 is 0 Å². The number of rotatable bonds is 2. The predicted molar refractivity (Wildman–Crippen MR) is 82.7 cm³/mol. The summed E-state index contributed by atoms with van der Waals surface area (Å²) in [7, 11) is 1.55. The fourth-order valence-corrected chi connectivity index (χ4v) is 4.23. The van der Waals surface area contributed by atoms with Gasteiger partial charge in [-0.25, -0.2) is 4.99 Å². The number of para-hydroxylation sites is 1. The number of hydrogen-bond acceptors (Lipinski definition) is 7. The summed E-state index contributed by atoms with van der Waals surface area (Å²) in [6.45, 7) is 2.12. The highest BCUT2D eigenvalue weighted by molar-refractivity contribution is 6.00. The molecule has 3 aliphatic rings. The number of nitrogens with zero attached hydrogens (tertiary/aromatic N) is 3. The van der Waals surface area contributed by atoms with E-state index < -0.39 is 22.7 Å². The monoisotopic (exact) mass is 324 g/mol. The van der Waals surface area contributed by atoms with Gasteiger partial charge in [-0.15, -0.1) is 0 Å². The zero-order valence-electron chi connectivity index (χ0n) is 13.3. The number of methoxy groups -OCH3 is 1. The van der Waals surface area contributed by atoms with Crippen LogP contribution in [0, 0.1) is 33.5 Å². The van der Waals surface area contributed by atoms with Gasteiger partial charge in [0.25, 0.3) is 5.91 Å². The summed E-state index contributed by atoms with van der Waals surface area (Å²) in [6.07, 6.45) is -0.236. The molecule has 5 atom stereocenters. The van der Waals surface area contributed by atoms with Gasteiger partial charge in [-0.3, -0.25) is 0 Å². The van der Waals surface area contributed by atoms with E-state index in [0.29, 0.717) is 12.4 Å². The molecule has 7 nitrogen and oxygen atoms in total. The van der Waals surface area contributed by atoms with Gasteiger partial charge in [0, 0.05) is 11.5 Å². The Kier molecular flexibility index (Phi) is 2.79. The second-order valence-electron chi connectivity index (χ2n) is 6.33. The lowest BCUT2D eigenvalue weighted by atomic mass is 9.93. The molecule has 2 N–H and O–H groups in total. The number of benzene rings is 1. The van der Waals surface area contributed by atoms with Gasteiger partial charge in [0.15, 0.2) is 5.41 Å². The summed E-state index contributed by atoms with van der Waals surface area (Å²) in [5.74, 6) is -1.39. The lowest BCUT2D eigenvalue weighted by molar-refractivity contribution is -0.193. The third-order valence-corrected chi connectivity index (χ3v) is 5.25. The Morgan fingerprint density at radius 3 is 2.67 bits per heavy atom. The van der Waals surface area contributed by atoms with Crippen molar-refractivity contribution in [3.8, 4) is 17.9 Å². The van der Waals surface area contributed by atoms with Crippen LogP contribution in [-0.4, -0.2) is 31.6 Å². The molecule has 1 aliphatic carbocycles. The molecular formula is C17H16N4O3. The van der Waals surface area contributed by atoms with E-state index in [0.717, 1.165) is 5.56 Å². The quantitative estimate of drug-likeness (QED) is 0.876. The van der Waals surface area contributed by atoms with Crippen LogP contribution < -0.4 is 10.5 Å². The van der Waals surface area contributed by atoms with Crippen LogP contribution in [0.1, 0.15) is 18.4 Å². The van der Waals surface area contributed by atoms with E-state index in [-0.39, 0.29) is 11.9 Å². The van der Waals surface area contributed by atoms with E-state index in [1.807, 2.05) is 25.1 Å². The van der Waals surface area contributed by atoms with Crippen LogP contribution >= 0.6 is 0 Å². The van der Waals surface area contributed by atoms with E-state index >= 15 is 0 Å². The van der Waals surface area contributed by atoms with Gasteiger partial charge in [-0.1, -0.05) is 18.2 Å². The van der Waals surface area contributed by atoms with Gasteiger partial charge in [-0.2, -0.15) is 10.5 Å². The van der Waals surface area contributed by atoms with Crippen LogP contribution in [0.2, 0.25) is 0 Å². The summed E-state index contributed by atoms with van der Waals surface area (Å²) in [4.78, 5) is 4.28. The summed E-state index contributed by atoms with van der Waals surface area (Å²) in [6, 6.07) is 11.8. The lowest BCUT2D eigenvalue weighted by Gasteiger charge is -2.26. The molecular weight excluding hydrogens is 308 g/mol. The molecule has 2 heterocycles. The largest absolute Gasteiger partial charge is 0.496 e. The number of nitrogens with two attached hydrogens (primary N) is 1. The minimum absolute atomic E-state index is 0.0801. The SMILES string of the molecule is COc1ccccc1C1C2(C#N)C(N)=NC3(OCC(C)O3)C12C#N. The standard InChI is InChI=1S/C17H16N4O3/c1-10-7-23-17(24-10)16(9-19)13(15(16,8-18)14(20)21-17)11-5-3-4-6-12(11)22-2/h3-6,10,13H,7H2,1-2H3,(H2,20,21). The normalized spacial score (nSPS) is 42.1. The first kappa shape index (κ1) is 14.9. The lowest BCUT2D eigenvalue weighted by Crippen LogP contribution is -2.39. The molecule has 0 radical (unpaired) electrons. The zero-order chi connectivity index (χ0) is 17.2. The number of amidine groups is 1. The Hall–Kier alpha value is -2.61. The Labute approximate surface area is 139 Å². The third-order valence-electron chi connectivity index (χ3n) is 5.25. The average Bonchev–Trinajstić information content (AvgIpc) is 2.98. The van der Waals surface area contributed by atoms with E-state index in [1.165, 1.54) is 0 Å². The molecule has 1 aromatic carbocycles. The minimum Gasteiger partial charge on any atom is -0.496 e. The van der Waals surface area contributed by atoms with Crippen LogP contribution in [0.3, 0.4) is 0 Å². The van der Waals surface area contributed by atoms with Crippen molar-refractivity contribution in [1.29, 1.82) is 10.5 Å². The summed E-state index contributed by atoms with van der Waals surface area (Å²) >= 11 is 0. The molecule has 122 valence electrons. The van der Waals surface area contributed by atoms with E-state index in [2.05, 4.69) is 17.1 Å². The Bertz CT molecular complexity index is 841. The molecule has 0 bridgehead atoms. The van der Waals surface area contributed by atoms with Gasteiger partial charge < -0.3 is 19.9 Å². The summed E-state index contributed by atoms with van der Waals surface area (Å²) < 4.78 is 17.1. The Balaban J connectivity index is 1.94. The number of nitriles is 2. The molecule has 2 aliphatic heterocycles. The van der Waals surface area contributed by atoms with Gasteiger partial charge in [0.1, 0.15) is 17.0 Å². The van der Waals surface area contributed by atoms with Crippen molar-refractivity contribution in [2.75, 3.05) is 13.7 Å². The number of ether oxygens (including phenoxy) is 3. The molecule has 4 rings (SSSR count). The number of aliphatic imine (C=N–C) groups is 1. The molecule has 24 heavy (non-hydrogen) atoms. The number of fused-ring (bicyclic) bond motifs is 2. The van der Waals surface area contributed by atoms with Crippen molar-refractivity contribution in [2.24, 2.45) is 21.6 Å². The van der Waals surface area contributed by atoms with Crippen molar-refractivity contribution < 1.29 is 14.2 Å². The Morgan fingerprint density at radius 1 is 1.33 bits per heavy atom. The topological polar surface area (TPSA) is 114 Å². The molecule has 0 amide bonds. The van der Waals surface area contributed by atoms with Crippen LogP contribution in [0.4, 0.5) is 0 Å². The zero-order valence-corrected chi connectivity index (χ0v) is 13.3. The highest BCUT2D eigenvalue weighted by Crippen LogP contribution is 2.83. The van der Waals surface area contributed by atoms with Gasteiger partial charge in [0.05, 0.1) is 32.0 Å². The maximum Gasteiger partial charge on any atom is 0.293 e. The van der Waals surface area contributed by atoms with Crippen molar-refractivity contribution in [3.05, 3.63) is 29.8 Å². The van der Waals surface area contributed by atoms with E-state index in [1.54, 1.807) is 13.2 Å². The second kappa shape index (κ2) is 4.47. The highest BCUT2D eigenvalue weighted by Gasteiger charge is 2.94. The molecule has 1 aromatic rings. The molecule has 1 saturated carbocycles. The van der Waals surface area contributed by atoms with Gasteiger partial charge in [0.2, 0.25) is 0 Å². The van der Waals surface area contributed by atoms with Gasteiger partial charge in [-0.05, 0) is 13.0 Å². The van der Waals surface area contributed by atoms with Crippen molar-refractivity contribution in [2.45, 2.75) is 24.9 Å². The number of hydrogen-bond donors (Lipinski definition) is 1. The minimum atomic E-state index is -1.54. The third kappa shape index (κ3) is 1.32. The fourth-order valence-electron chi connectivity index (χ4n) is 4.23. The molecule has 2 fully saturated rings. The summed E-state index contributed by atoms with van der Waals surface area (Å²) in [5, 5.41) is 20.0. The van der Waals surface area contributed by atoms with Crippen molar-refractivity contribution in [1.82, 2.24) is 0 Å². The first-order valence-corrected chi connectivity index (χ1v) is 7.66. The molecule has 1 saturated heterocycles. The molecule has 7 heteroatoms. The molecule has 1 spiro atoms. The highest BCUT2D eigenvalue weighted by atomic mass is 16.8. The van der Waals surface area contributed by atoms with E-state index in [9.17, 15) is 10.5 Å². The maximum absolute atomic E-state index is 10.1. The van der Waals surface area contributed by atoms with Crippen LogP contribution in [-0.2, 0) is 9.47 Å². The van der Waals surface area contributed by atoms with Crippen LogP contribution in [0.5, 0.6) is 5.75 Å². The van der Waals surface area contributed by atoms with E-state index in [4.69, 9.17) is 19.9 Å². The van der Waals surface area contributed by atoms with Crippen molar-refractivity contribution in [3.63, 3.8) is 0 Å².